The van der Waals surface area contributed by atoms with Gasteiger partial charge in [0, 0.05) is 91.9 Å². The van der Waals surface area contributed by atoms with Crippen molar-refractivity contribution in [1.29, 1.82) is 0 Å². The number of halogens is 2. The molecule has 5 aromatic rings. The normalized spacial score (nSPS) is 22.3. The second-order valence-electron chi connectivity index (χ2n) is 16.2. The van der Waals surface area contributed by atoms with Crippen LogP contribution in [0.1, 0.15) is 73.1 Å². The van der Waals surface area contributed by atoms with Crippen LogP contribution in [0.15, 0.2) is 54.9 Å². The van der Waals surface area contributed by atoms with Crippen molar-refractivity contribution < 1.29 is 28.3 Å². The van der Waals surface area contributed by atoms with Crippen molar-refractivity contribution in [1.82, 2.24) is 34.5 Å². The Morgan fingerprint density at radius 1 is 0.982 bits per heavy atom. The van der Waals surface area contributed by atoms with E-state index in [0.717, 1.165) is 49.9 Å². The third-order valence-corrected chi connectivity index (χ3v) is 12.1. The minimum Gasteiger partial charge on any atom is -0.386 e. The minimum atomic E-state index is -1.26. The molecule has 3 saturated heterocycles. The maximum atomic E-state index is 15.1. The highest BCUT2D eigenvalue weighted by Crippen LogP contribution is 2.39. The van der Waals surface area contributed by atoms with E-state index >= 15 is 8.78 Å². The number of hydrogen-bond acceptors (Lipinski definition) is 9. The van der Waals surface area contributed by atoms with Gasteiger partial charge in [0.25, 0.3) is 5.91 Å². The van der Waals surface area contributed by atoms with E-state index in [4.69, 9.17) is 11.7 Å². The molecule has 4 aliphatic rings. The highest BCUT2D eigenvalue weighted by Gasteiger charge is 2.40. The van der Waals surface area contributed by atoms with Crippen molar-refractivity contribution in [3.63, 3.8) is 0 Å². The molecular formula is C41H42F2N10O4. The van der Waals surface area contributed by atoms with Crippen LogP contribution in [0.3, 0.4) is 0 Å². The van der Waals surface area contributed by atoms with Crippen molar-refractivity contribution >= 4 is 51.2 Å². The molecule has 294 valence electrons. The Hall–Kier alpha value is -5.76. The lowest BCUT2D eigenvalue weighted by Gasteiger charge is -2.51. The summed E-state index contributed by atoms with van der Waals surface area (Å²) in [7, 11) is 0. The number of aliphatic hydroxyl groups is 1. The van der Waals surface area contributed by atoms with Crippen molar-refractivity contribution in [3.05, 3.63) is 94.7 Å². The molecule has 3 amide bonds. The molecule has 14 nitrogen and oxygen atoms in total. The predicted molar refractivity (Wildman–Crippen MR) is 207 cm³/mol. The standard InChI is InChI=1S/C41H42F2N10O4/c1-41(2,57)31-18-34-23(12-35(31)46-40(56)36-6-4-25-13-24(44-3)19-45-53(25)36)20-52(48-34)28-14-26(15-28)49-8-10-50(11-9-49)29-21-51(22-29)27-16-32(42)38(33(43)17-27)30-5-7-37(54)47-39(30)55/h4,6,12-13,16-20,26,28-30,57H,5,7-11,14-15,21-22H2,1-2H3,(H,46,56)(H,47,54,55)/t26?,28?,30-/m1/s1. The summed E-state index contributed by atoms with van der Waals surface area (Å²) >= 11 is 0. The number of hydrogen-bond donors (Lipinski definition) is 3. The molecule has 6 heterocycles. The highest BCUT2D eigenvalue weighted by atomic mass is 19.1. The molecule has 9 rings (SSSR count). The third-order valence-electron chi connectivity index (χ3n) is 12.1. The van der Waals surface area contributed by atoms with Gasteiger partial charge in [0.1, 0.15) is 17.3 Å². The van der Waals surface area contributed by atoms with Gasteiger partial charge < -0.3 is 15.3 Å². The van der Waals surface area contributed by atoms with E-state index in [9.17, 15) is 19.5 Å². The lowest BCUT2D eigenvalue weighted by Crippen LogP contribution is -2.64. The van der Waals surface area contributed by atoms with Crippen LogP contribution >= 0.6 is 0 Å². The second kappa shape index (κ2) is 14.0. The van der Waals surface area contributed by atoms with E-state index in [0.29, 0.717) is 59.0 Å². The van der Waals surface area contributed by atoms with Crippen LogP contribution in [0.5, 0.6) is 0 Å². The van der Waals surface area contributed by atoms with Gasteiger partial charge in [0.05, 0.1) is 41.4 Å². The summed E-state index contributed by atoms with van der Waals surface area (Å²) in [6.45, 7) is 15.6. The summed E-state index contributed by atoms with van der Waals surface area (Å²) in [5, 5.41) is 26.2. The van der Waals surface area contributed by atoms with Crippen LogP contribution in [0, 0.1) is 18.2 Å². The quantitative estimate of drug-likeness (QED) is 0.151. The van der Waals surface area contributed by atoms with E-state index in [2.05, 4.69) is 30.4 Å². The Labute approximate surface area is 326 Å². The summed E-state index contributed by atoms with van der Waals surface area (Å²) in [5.74, 6) is -4.01. The average molecular weight is 777 g/mol. The second-order valence-corrected chi connectivity index (χ2v) is 16.2. The number of aromatic nitrogens is 4. The highest BCUT2D eigenvalue weighted by molar-refractivity contribution is 6.05. The third kappa shape index (κ3) is 6.79. The first kappa shape index (κ1) is 36.9. The van der Waals surface area contributed by atoms with Crippen molar-refractivity contribution in [2.24, 2.45) is 0 Å². The Kier molecular flexibility index (Phi) is 9.06. The number of imide groups is 1. The summed E-state index contributed by atoms with van der Waals surface area (Å²) in [6, 6.07) is 12.3. The fraction of sp³-hybridized carbons (Fsp3) is 0.415. The van der Waals surface area contributed by atoms with Crippen LogP contribution in [0.4, 0.5) is 25.8 Å². The van der Waals surface area contributed by atoms with E-state index < -0.39 is 40.9 Å². The number of rotatable bonds is 8. The summed E-state index contributed by atoms with van der Waals surface area (Å²) in [6.07, 6.45) is 5.48. The van der Waals surface area contributed by atoms with Gasteiger partial charge in [-0.05, 0) is 75.6 Å². The Morgan fingerprint density at radius 3 is 2.35 bits per heavy atom. The van der Waals surface area contributed by atoms with Crippen molar-refractivity contribution in [3.8, 4) is 0 Å². The first-order chi connectivity index (χ1) is 27.3. The topological polar surface area (TPSA) is 145 Å². The van der Waals surface area contributed by atoms with Crippen LogP contribution in [0.2, 0.25) is 0 Å². The number of carbonyl (C=O) groups is 3. The molecule has 2 aromatic carbocycles. The predicted octanol–water partition coefficient (Wildman–Crippen LogP) is 4.72. The molecule has 0 radical (unpaired) electrons. The van der Waals surface area contributed by atoms with Crippen molar-refractivity contribution in [2.75, 3.05) is 49.5 Å². The van der Waals surface area contributed by atoms with Gasteiger partial charge in [-0.1, -0.05) is 0 Å². The van der Waals surface area contributed by atoms with Crippen LogP contribution in [-0.2, 0) is 15.2 Å². The van der Waals surface area contributed by atoms with E-state index in [1.54, 1.807) is 32.0 Å². The first-order valence-corrected chi connectivity index (χ1v) is 19.3. The monoisotopic (exact) mass is 776 g/mol. The van der Waals surface area contributed by atoms with Gasteiger partial charge in [-0.3, -0.25) is 34.2 Å². The molecule has 3 aliphatic heterocycles. The SMILES string of the molecule is [C-]#[N+]c1cnn2c(C(=O)Nc3cc4cn(C5CC(N6CCN(C7CN(c8cc(F)c([C@H]9CCC(=O)NC9=O)c(F)c8)C7)CC6)C5)nc4cc3C(C)(C)O)ccc2c1. The van der Waals surface area contributed by atoms with Crippen LogP contribution < -0.4 is 15.5 Å². The number of piperidine rings is 1. The molecule has 1 atom stereocenters. The van der Waals surface area contributed by atoms with Gasteiger partial charge in [-0.15, -0.1) is 0 Å². The van der Waals surface area contributed by atoms with Crippen LogP contribution in [0.25, 0.3) is 21.3 Å². The molecule has 0 unspecified atom stereocenters. The number of amides is 3. The number of carbonyl (C=O) groups excluding carboxylic acids is 3. The van der Waals surface area contributed by atoms with Gasteiger partial charge in [-0.2, -0.15) is 10.2 Å². The molecule has 16 heteroatoms. The number of nitrogens with zero attached hydrogens (tertiary/aromatic N) is 8. The van der Waals surface area contributed by atoms with E-state index in [-0.39, 0.29) is 24.4 Å². The Morgan fingerprint density at radius 2 is 1.68 bits per heavy atom. The zero-order valence-corrected chi connectivity index (χ0v) is 31.6. The fourth-order valence-electron chi connectivity index (χ4n) is 8.79. The molecule has 1 aliphatic carbocycles. The smallest absolute Gasteiger partial charge is 0.274 e. The zero-order chi connectivity index (χ0) is 39.7. The molecule has 3 N–H and O–H groups in total. The van der Waals surface area contributed by atoms with Gasteiger partial charge in [-0.25, -0.2) is 18.1 Å². The molecule has 3 aromatic heterocycles. The number of nitrogens with one attached hydrogen (secondary N) is 2. The number of benzene rings is 2. The Bertz CT molecular complexity index is 2460. The summed E-state index contributed by atoms with van der Waals surface area (Å²) in [5.41, 5.74) is 2.00. The molecule has 0 bridgehead atoms. The molecule has 1 saturated carbocycles. The molecule has 0 spiro atoms. The molecular weight excluding hydrogens is 735 g/mol. The number of piperazine rings is 1. The van der Waals surface area contributed by atoms with E-state index in [1.807, 2.05) is 27.9 Å². The summed E-state index contributed by atoms with van der Waals surface area (Å²) in [4.78, 5) is 47.6. The van der Waals surface area contributed by atoms with Gasteiger partial charge in [0.15, 0.2) is 0 Å². The molecule has 4 fully saturated rings. The maximum absolute atomic E-state index is 15.1. The van der Waals surface area contributed by atoms with Gasteiger partial charge in [0.2, 0.25) is 17.5 Å². The largest absolute Gasteiger partial charge is 0.386 e. The van der Waals surface area contributed by atoms with Crippen molar-refractivity contribution in [2.45, 2.75) is 69.2 Å². The minimum absolute atomic E-state index is 0.0542. The van der Waals surface area contributed by atoms with Crippen LogP contribution in [-0.4, -0.2) is 103 Å². The number of fused-ring (bicyclic) bond motifs is 2. The molecule has 57 heavy (non-hydrogen) atoms. The maximum Gasteiger partial charge on any atom is 0.274 e. The van der Waals surface area contributed by atoms with Gasteiger partial charge >= 0.3 is 0 Å². The lowest BCUT2D eigenvalue weighted by molar-refractivity contribution is -0.134. The van der Waals surface area contributed by atoms with E-state index in [1.165, 1.54) is 22.8 Å². The average Bonchev–Trinajstić information content (AvgIpc) is 3.74. The summed E-state index contributed by atoms with van der Waals surface area (Å²) < 4.78 is 33.7. The Balaban J connectivity index is 0.794. The zero-order valence-electron chi connectivity index (χ0n) is 31.6. The number of anilines is 2. The lowest BCUT2D eigenvalue weighted by atomic mass is 9.85. The first-order valence-electron chi connectivity index (χ1n) is 19.3. The fourth-order valence-corrected chi connectivity index (χ4v) is 8.79.